The van der Waals surface area contributed by atoms with Crippen LogP contribution >= 0.6 is 0 Å². The van der Waals surface area contributed by atoms with Gasteiger partial charge in [-0.1, -0.05) is 72.8 Å². The Morgan fingerprint density at radius 2 is 1.17 bits per heavy atom. The molecule has 1 aliphatic rings. The van der Waals surface area contributed by atoms with Crippen LogP contribution in [0, 0.1) is 0 Å². The first-order valence-electron chi connectivity index (χ1n) is 11.8. The lowest BCUT2D eigenvalue weighted by molar-refractivity contribution is 0.0748. The summed E-state index contributed by atoms with van der Waals surface area (Å²) in [6.07, 6.45) is 0. The van der Waals surface area contributed by atoms with Crippen molar-refractivity contribution < 1.29 is 9.59 Å². The van der Waals surface area contributed by atoms with Crippen molar-refractivity contribution in [3.8, 4) is 11.1 Å². The summed E-state index contributed by atoms with van der Waals surface area (Å²) in [5.41, 5.74) is 4.90. The standard InChI is InChI=1S/C30H27N3O2/c34-29(25-17-15-24(16-18-25)23-9-3-1-4-10-23)31-28-14-8-7-13-27(28)30(35)33-21-19-32(20-22-33)26-11-5-2-6-12-26/h1-18H,19-22H2,(H,31,34). The second-order valence-corrected chi connectivity index (χ2v) is 8.56. The molecule has 5 nitrogen and oxygen atoms in total. The molecule has 1 heterocycles. The Bertz CT molecular complexity index is 1300. The van der Waals surface area contributed by atoms with Crippen molar-refractivity contribution in [2.24, 2.45) is 0 Å². The van der Waals surface area contributed by atoms with Crippen molar-refractivity contribution >= 4 is 23.2 Å². The van der Waals surface area contributed by atoms with E-state index in [4.69, 9.17) is 0 Å². The van der Waals surface area contributed by atoms with Crippen molar-refractivity contribution in [1.82, 2.24) is 4.90 Å². The number of anilines is 2. The molecule has 1 N–H and O–H groups in total. The second kappa shape index (κ2) is 10.3. The number of hydrogen-bond donors (Lipinski definition) is 1. The van der Waals surface area contributed by atoms with E-state index in [9.17, 15) is 9.59 Å². The van der Waals surface area contributed by atoms with Crippen molar-refractivity contribution in [3.05, 3.63) is 120 Å². The van der Waals surface area contributed by atoms with E-state index in [0.29, 0.717) is 29.9 Å². The predicted octanol–water partition coefficient (Wildman–Crippen LogP) is 5.57. The third kappa shape index (κ3) is 5.09. The number of carbonyl (C=O) groups excluding carboxylic acids is 2. The van der Waals surface area contributed by atoms with E-state index < -0.39 is 0 Å². The molecule has 174 valence electrons. The smallest absolute Gasteiger partial charge is 0.256 e. The van der Waals surface area contributed by atoms with Gasteiger partial charge in [-0.15, -0.1) is 0 Å². The Morgan fingerprint density at radius 3 is 1.86 bits per heavy atom. The van der Waals surface area contributed by atoms with E-state index >= 15 is 0 Å². The molecule has 0 radical (unpaired) electrons. The van der Waals surface area contributed by atoms with Crippen LogP contribution in [0.5, 0.6) is 0 Å². The van der Waals surface area contributed by atoms with Gasteiger partial charge in [0.15, 0.2) is 0 Å². The quantitative estimate of drug-likeness (QED) is 0.423. The minimum Gasteiger partial charge on any atom is -0.368 e. The lowest BCUT2D eigenvalue weighted by Crippen LogP contribution is -2.48. The average Bonchev–Trinajstić information content (AvgIpc) is 2.94. The van der Waals surface area contributed by atoms with E-state index in [1.807, 2.05) is 89.8 Å². The summed E-state index contributed by atoms with van der Waals surface area (Å²) in [6.45, 7) is 2.82. The summed E-state index contributed by atoms with van der Waals surface area (Å²) in [4.78, 5) is 30.5. The van der Waals surface area contributed by atoms with Gasteiger partial charge in [0.2, 0.25) is 0 Å². The highest BCUT2D eigenvalue weighted by Gasteiger charge is 2.24. The molecule has 0 aliphatic carbocycles. The molecule has 0 unspecified atom stereocenters. The van der Waals surface area contributed by atoms with Gasteiger partial charge in [-0.3, -0.25) is 9.59 Å². The number of para-hydroxylation sites is 2. The Balaban J connectivity index is 1.26. The maximum absolute atomic E-state index is 13.3. The summed E-state index contributed by atoms with van der Waals surface area (Å²) < 4.78 is 0. The van der Waals surface area contributed by atoms with Crippen LogP contribution in [0.15, 0.2) is 109 Å². The van der Waals surface area contributed by atoms with E-state index in [1.54, 1.807) is 12.1 Å². The van der Waals surface area contributed by atoms with Gasteiger partial charge in [0.05, 0.1) is 11.3 Å². The molecule has 5 heteroatoms. The first kappa shape index (κ1) is 22.4. The van der Waals surface area contributed by atoms with Crippen LogP contribution in [0.1, 0.15) is 20.7 Å². The molecule has 1 aliphatic heterocycles. The van der Waals surface area contributed by atoms with Crippen molar-refractivity contribution in [2.75, 3.05) is 36.4 Å². The molecule has 0 bridgehead atoms. The highest BCUT2D eigenvalue weighted by Crippen LogP contribution is 2.23. The maximum Gasteiger partial charge on any atom is 0.256 e. The molecule has 0 spiro atoms. The summed E-state index contributed by atoms with van der Waals surface area (Å²) >= 11 is 0. The molecule has 0 aromatic heterocycles. The fraction of sp³-hybridized carbons (Fsp3) is 0.133. The molecule has 1 saturated heterocycles. The summed E-state index contributed by atoms with van der Waals surface area (Å²) in [7, 11) is 0. The highest BCUT2D eigenvalue weighted by molar-refractivity contribution is 6.09. The van der Waals surface area contributed by atoms with Crippen molar-refractivity contribution in [2.45, 2.75) is 0 Å². The normalized spacial score (nSPS) is 13.4. The minimum atomic E-state index is -0.237. The number of rotatable bonds is 5. The van der Waals surface area contributed by atoms with Crippen LogP contribution in [-0.2, 0) is 0 Å². The van der Waals surface area contributed by atoms with Crippen LogP contribution in [0.25, 0.3) is 11.1 Å². The zero-order chi connectivity index (χ0) is 24.0. The number of benzene rings is 4. The molecule has 5 rings (SSSR count). The highest BCUT2D eigenvalue weighted by atomic mass is 16.2. The SMILES string of the molecule is O=C(Nc1ccccc1C(=O)N1CCN(c2ccccc2)CC1)c1ccc(-c2ccccc2)cc1. The summed E-state index contributed by atoms with van der Waals surface area (Å²) in [5.74, 6) is -0.299. The molecule has 4 aromatic carbocycles. The molecular formula is C30H27N3O2. The Hall–Kier alpha value is -4.38. The number of amides is 2. The summed E-state index contributed by atoms with van der Waals surface area (Å²) in [6, 6.07) is 35.0. The van der Waals surface area contributed by atoms with Gasteiger partial charge in [0.25, 0.3) is 11.8 Å². The van der Waals surface area contributed by atoms with Gasteiger partial charge < -0.3 is 15.1 Å². The van der Waals surface area contributed by atoms with E-state index in [2.05, 4.69) is 22.3 Å². The van der Waals surface area contributed by atoms with Crippen LogP contribution in [0.4, 0.5) is 11.4 Å². The van der Waals surface area contributed by atoms with Gasteiger partial charge in [0, 0.05) is 37.4 Å². The van der Waals surface area contributed by atoms with Gasteiger partial charge in [0.1, 0.15) is 0 Å². The molecule has 0 saturated carbocycles. The van der Waals surface area contributed by atoms with Crippen molar-refractivity contribution in [1.29, 1.82) is 0 Å². The van der Waals surface area contributed by atoms with Gasteiger partial charge >= 0.3 is 0 Å². The monoisotopic (exact) mass is 461 g/mol. The Labute approximate surface area is 205 Å². The topological polar surface area (TPSA) is 52.7 Å². The fourth-order valence-corrected chi connectivity index (χ4v) is 4.39. The molecule has 4 aromatic rings. The lowest BCUT2D eigenvalue weighted by atomic mass is 10.0. The van der Waals surface area contributed by atoms with Crippen LogP contribution < -0.4 is 10.2 Å². The Kier molecular flexibility index (Phi) is 6.57. The number of carbonyl (C=O) groups is 2. The average molecular weight is 462 g/mol. The largest absolute Gasteiger partial charge is 0.368 e. The van der Waals surface area contributed by atoms with Crippen LogP contribution in [0.2, 0.25) is 0 Å². The molecular weight excluding hydrogens is 434 g/mol. The van der Waals surface area contributed by atoms with E-state index in [-0.39, 0.29) is 11.8 Å². The minimum absolute atomic E-state index is 0.0620. The van der Waals surface area contributed by atoms with E-state index in [1.165, 1.54) is 5.69 Å². The Morgan fingerprint density at radius 1 is 0.600 bits per heavy atom. The van der Waals surface area contributed by atoms with E-state index in [0.717, 1.165) is 24.2 Å². The third-order valence-electron chi connectivity index (χ3n) is 6.35. The number of hydrogen-bond acceptors (Lipinski definition) is 3. The van der Waals surface area contributed by atoms with Crippen LogP contribution in [-0.4, -0.2) is 42.9 Å². The number of piperazine rings is 1. The molecule has 35 heavy (non-hydrogen) atoms. The third-order valence-corrected chi connectivity index (χ3v) is 6.35. The fourth-order valence-electron chi connectivity index (χ4n) is 4.39. The second-order valence-electron chi connectivity index (χ2n) is 8.56. The van der Waals surface area contributed by atoms with Gasteiger partial charge in [-0.2, -0.15) is 0 Å². The van der Waals surface area contributed by atoms with Gasteiger partial charge in [-0.05, 0) is 47.5 Å². The number of nitrogens with zero attached hydrogens (tertiary/aromatic N) is 2. The lowest BCUT2D eigenvalue weighted by Gasteiger charge is -2.36. The first-order valence-corrected chi connectivity index (χ1v) is 11.8. The molecule has 1 fully saturated rings. The number of nitrogens with one attached hydrogen (secondary N) is 1. The first-order chi connectivity index (χ1) is 17.2. The maximum atomic E-state index is 13.3. The molecule has 0 atom stereocenters. The summed E-state index contributed by atoms with van der Waals surface area (Å²) in [5, 5.41) is 2.94. The van der Waals surface area contributed by atoms with Crippen molar-refractivity contribution in [3.63, 3.8) is 0 Å². The zero-order valence-electron chi connectivity index (χ0n) is 19.4. The molecule has 2 amide bonds. The zero-order valence-corrected chi connectivity index (χ0v) is 19.4. The van der Waals surface area contributed by atoms with Crippen LogP contribution in [0.3, 0.4) is 0 Å². The predicted molar refractivity (Wildman–Crippen MR) is 141 cm³/mol. The van der Waals surface area contributed by atoms with Gasteiger partial charge in [-0.25, -0.2) is 0 Å².